The van der Waals surface area contributed by atoms with Crippen LogP contribution in [0.4, 0.5) is 0 Å². The molecule has 0 radical (unpaired) electrons. The number of benzene rings is 2. The second-order valence-electron chi connectivity index (χ2n) is 4.86. The monoisotopic (exact) mass is 314 g/mol. The first-order chi connectivity index (χ1) is 11.1. The van der Waals surface area contributed by atoms with E-state index in [2.05, 4.69) is 0 Å². The lowest BCUT2D eigenvalue weighted by Crippen LogP contribution is -2.05. The van der Waals surface area contributed by atoms with Crippen LogP contribution in [-0.2, 0) is 0 Å². The molecule has 0 spiro atoms. The van der Waals surface area contributed by atoms with E-state index >= 15 is 0 Å². The molecule has 118 valence electrons. The van der Waals surface area contributed by atoms with Crippen LogP contribution in [0, 0.1) is 0 Å². The van der Waals surface area contributed by atoms with Gasteiger partial charge in [0.15, 0.2) is 22.8 Å². The Bertz CT molecular complexity index is 942. The first-order valence-corrected chi connectivity index (χ1v) is 6.75. The van der Waals surface area contributed by atoms with E-state index in [4.69, 9.17) is 13.9 Å². The Balaban J connectivity index is 2.24. The van der Waals surface area contributed by atoms with Crippen LogP contribution < -0.4 is 14.9 Å². The first kappa shape index (κ1) is 14.8. The van der Waals surface area contributed by atoms with Crippen LogP contribution in [0.3, 0.4) is 0 Å². The number of fused-ring (bicyclic) bond motifs is 1. The molecule has 3 aromatic rings. The highest BCUT2D eigenvalue weighted by Crippen LogP contribution is 2.35. The molecule has 3 rings (SSSR count). The fraction of sp³-hybridized carbons (Fsp3) is 0.118. The van der Waals surface area contributed by atoms with Crippen molar-refractivity contribution in [3.8, 4) is 34.1 Å². The number of methoxy groups -OCH3 is 2. The molecule has 0 aliphatic heterocycles. The summed E-state index contributed by atoms with van der Waals surface area (Å²) in [4.78, 5) is 12.7. The van der Waals surface area contributed by atoms with Gasteiger partial charge in [0.2, 0.25) is 11.2 Å². The maximum atomic E-state index is 12.7. The summed E-state index contributed by atoms with van der Waals surface area (Å²) in [5.74, 6) is 0.222. The molecule has 0 fully saturated rings. The van der Waals surface area contributed by atoms with Gasteiger partial charge >= 0.3 is 0 Å². The van der Waals surface area contributed by atoms with Crippen LogP contribution in [0.1, 0.15) is 0 Å². The molecule has 6 nitrogen and oxygen atoms in total. The number of phenolic OH excluding ortho intramolecular Hbond substituents is 2. The summed E-state index contributed by atoms with van der Waals surface area (Å²) >= 11 is 0. The number of rotatable bonds is 3. The van der Waals surface area contributed by atoms with Crippen molar-refractivity contribution in [2.75, 3.05) is 14.2 Å². The highest BCUT2D eigenvalue weighted by molar-refractivity contribution is 5.88. The predicted molar refractivity (Wildman–Crippen MR) is 84.4 cm³/mol. The second-order valence-corrected chi connectivity index (χ2v) is 4.86. The normalized spacial score (nSPS) is 10.7. The molecular formula is C17H14O6. The van der Waals surface area contributed by atoms with Crippen molar-refractivity contribution in [1.29, 1.82) is 0 Å². The molecule has 6 heteroatoms. The van der Waals surface area contributed by atoms with E-state index in [0.29, 0.717) is 11.3 Å². The molecular weight excluding hydrogens is 300 g/mol. The van der Waals surface area contributed by atoms with Crippen LogP contribution in [0.15, 0.2) is 45.8 Å². The van der Waals surface area contributed by atoms with Gasteiger partial charge in [-0.2, -0.15) is 0 Å². The van der Waals surface area contributed by atoms with Crippen LogP contribution >= 0.6 is 0 Å². The zero-order valence-electron chi connectivity index (χ0n) is 12.5. The summed E-state index contributed by atoms with van der Waals surface area (Å²) in [5.41, 5.74) is 0.641. The van der Waals surface area contributed by atoms with Gasteiger partial charge < -0.3 is 24.1 Å². The van der Waals surface area contributed by atoms with E-state index in [9.17, 15) is 15.0 Å². The average molecular weight is 314 g/mol. The molecule has 0 saturated carbocycles. The molecule has 1 heterocycles. The van der Waals surface area contributed by atoms with E-state index in [1.165, 1.54) is 38.7 Å². The summed E-state index contributed by atoms with van der Waals surface area (Å²) in [6, 6.07) is 7.47. The van der Waals surface area contributed by atoms with Gasteiger partial charge in [0.1, 0.15) is 6.26 Å². The molecule has 0 amide bonds. The predicted octanol–water partition coefficient (Wildman–Crippen LogP) is 2.89. The molecule has 0 bridgehead atoms. The molecule has 0 saturated heterocycles. The van der Waals surface area contributed by atoms with Crippen LogP contribution in [-0.4, -0.2) is 24.4 Å². The van der Waals surface area contributed by atoms with Crippen molar-refractivity contribution in [3.05, 3.63) is 46.8 Å². The van der Waals surface area contributed by atoms with E-state index in [-0.39, 0.29) is 39.2 Å². The molecule has 2 aromatic carbocycles. The Morgan fingerprint density at radius 3 is 2.43 bits per heavy atom. The van der Waals surface area contributed by atoms with Gasteiger partial charge in [-0.3, -0.25) is 4.79 Å². The summed E-state index contributed by atoms with van der Waals surface area (Å²) in [7, 11) is 2.82. The molecule has 23 heavy (non-hydrogen) atoms. The quantitative estimate of drug-likeness (QED) is 0.772. The zero-order valence-corrected chi connectivity index (χ0v) is 12.5. The zero-order chi connectivity index (χ0) is 16.6. The molecule has 0 atom stereocenters. The molecule has 0 unspecified atom stereocenters. The third-order valence-corrected chi connectivity index (χ3v) is 3.57. The SMILES string of the molecule is COc1ccc(-c2coc3c(OC)c(O)ccc3c2=O)cc1O. The fourth-order valence-corrected chi connectivity index (χ4v) is 2.42. The van der Waals surface area contributed by atoms with Gasteiger partial charge in [-0.15, -0.1) is 0 Å². The van der Waals surface area contributed by atoms with Crippen LogP contribution in [0.25, 0.3) is 22.1 Å². The standard InChI is InChI=1S/C17H14O6/c1-21-14-6-3-9(7-13(14)19)11-8-23-16-10(15(11)20)4-5-12(18)17(16)22-2/h3-8,18-19H,1-2H3. The van der Waals surface area contributed by atoms with Gasteiger partial charge in [0.05, 0.1) is 25.2 Å². The minimum Gasteiger partial charge on any atom is -0.504 e. The Morgan fingerprint density at radius 1 is 1.00 bits per heavy atom. The Morgan fingerprint density at radius 2 is 1.78 bits per heavy atom. The molecule has 1 aromatic heterocycles. The lowest BCUT2D eigenvalue weighted by Gasteiger charge is -2.09. The number of aromatic hydroxyl groups is 2. The average Bonchev–Trinajstić information content (AvgIpc) is 2.55. The van der Waals surface area contributed by atoms with E-state index in [0.717, 1.165) is 0 Å². The van der Waals surface area contributed by atoms with E-state index in [1.54, 1.807) is 12.1 Å². The summed E-state index contributed by atoms with van der Waals surface area (Å²) < 4.78 is 15.5. The molecule has 2 N–H and O–H groups in total. The maximum absolute atomic E-state index is 12.7. The Kier molecular flexibility index (Phi) is 3.57. The van der Waals surface area contributed by atoms with Gasteiger partial charge in [0, 0.05) is 0 Å². The third-order valence-electron chi connectivity index (χ3n) is 3.57. The van der Waals surface area contributed by atoms with Crippen LogP contribution in [0.5, 0.6) is 23.0 Å². The summed E-state index contributed by atoms with van der Waals surface area (Å²) in [5, 5.41) is 19.9. The van der Waals surface area contributed by atoms with E-state index in [1.807, 2.05) is 0 Å². The Labute approximate surface area is 131 Å². The largest absolute Gasteiger partial charge is 0.504 e. The van der Waals surface area contributed by atoms with Crippen LogP contribution in [0.2, 0.25) is 0 Å². The number of phenols is 2. The summed E-state index contributed by atoms with van der Waals surface area (Å²) in [6.07, 6.45) is 1.27. The minimum absolute atomic E-state index is 0.0761. The van der Waals surface area contributed by atoms with Crippen molar-refractivity contribution in [3.63, 3.8) is 0 Å². The van der Waals surface area contributed by atoms with E-state index < -0.39 is 0 Å². The highest BCUT2D eigenvalue weighted by Gasteiger charge is 2.16. The van der Waals surface area contributed by atoms with Gasteiger partial charge in [0.25, 0.3) is 0 Å². The van der Waals surface area contributed by atoms with Gasteiger partial charge in [-0.25, -0.2) is 0 Å². The smallest absolute Gasteiger partial charge is 0.204 e. The highest BCUT2D eigenvalue weighted by atomic mass is 16.5. The number of hydrogen-bond donors (Lipinski definition) is 2. The van der Waals surface area contributed by atoms with Crippen molar-refractivity contribution in [2.24, 2.45) is 0 Å². The fourth-order valence-electron chi connectivity index (χ4n) is 2.42. The summed E-state index contributed by atoms with van der Waals surface area (Å²) in [6.45, 7) is 0. The molecule has 0 aliphatic carbocycles. The second kappa shape index (κ2) is 5.57. The van der Waals surface area contributed by atoms with Crippen molar-refractivity contribution >= 4 is 11.0 Å². The lowest BCUT2D eigenvalue weighted by atomic mass is 10.0. The van der Waals surface area contributed by atoms with Gasteiger partial charge in [-0.05, 0) is 29.8 Å². The van der Waals surface area contributed by atoms with Crippen molar-refractivity contribution < 1.29 is 24.1 Å². The first-order valence-electron chi connectivity index (χ1n) is 6.75. The minimum atomic E-state index is -0.297. The lowest BCUT2D eigenvalue weighted by molar-refractivity contribution is 0.370. The topological polar surface area (TPSA) is 89.1 Å². The third kappa shape index (κ3) is 2.34. The maximum Gasteiger partial charge on any atom is 0.204 e. The van der Waals surface area contributed by atoms with Crippen molar-refractivity contribution in [1.82, 2.24) is 0 Å². The molecule has 0 aliphatic rings. The number of hydrogen-bond acceptors (Lipinski definition) is 6. The Hall–Kier alpha value is -3.15. The number of ether oxygens (including phenoxy) is 2. The van der Waals surface area contributed by atoms with Gasteiger partial charge in [-0.1, -0.05) is 6.07 Å². The van der Waals surface area contributed by atoms with Crippen molar-refractivity contribution in [2.45, 2.75) is 0 Å².